The molecule has 0 atom stereocenters. The van der Waals surface area contributed by atoms with Gasteiger partial charge in [0.2, 0.25) is 5.95 Å². The van der Waals surface area contributed by atoms with Crippen molar-refractivity contribution in [1.82, 2.24) is 19.9 Å². The second-order valence-electron chi connectivity index (χ2n) is 8.03. The normalized spacial score (nSPS) is 11.5. The molecule has 0 radical (unpaired) electrons. The quantitative estimate of drug-likeness (QED) is 0.256. The van der Waals surface area contributed by atoms with Crippen molar-refractivity contribution in [2.75, 3.05) is 15.4 Å². The Bertz CT molecular complexity index is 1810. The number of anilines is 5. The number of aromatic nitrogens is 4. The van der Waals surface area contributed by atoms with Crippen LogP contribution in [0, 0.1) is 0 Å². The summed E-state index contributed by atoms with van der Waals surface area (Å²) in [4.78, 5) is 16.6. The predicted molar refractivity (Wildman–Crippen MR) is 142 cm³/mol. The molecule has 0 unspecified atom stereocenters. The summed E-state index contributed by atoms with van der Waals surface area (Å²) in [6, 6.07) is 23.3. The maximum absolute atomic E-state index is 12.6. The summed E-state index contributed by atoms with van der Waals surface area (Å²) < 4.78 is 33.4. The highest BCUT2D eigenvalue weighted by Crippen LogP contribution is 2.32. The van der Waals surface area contributed by atoms with E-state index in [0.29, 0.717) is 11.4 Å². The van der Waals surface area contributed by atoms with Crippen molar-refractivity contribution in [3.05, 3.63) is 97.6 Å². The van der Waals surface area contributed by atoms with Gasteiger partial charge in [0.25, 0.3) is 10.0 Å². The topological polar surface area (TPSA) is 135 Å². The van der Waals surface area contributed by atoms with Crippen LogP contribution < -0.4 is 15.4 Å². The van der Waals surface area contributed by atoms with Crippen molar-refractivity contribution in [1.29, 1.82) is 0 Å². The van der Waals surface area contributed by atoms with Crippen molar-refractivity contribution in [2.24, 2.45) is 0 Å². The molecule has 0 amide bonds. The molecule has 0 spiro atoms. The molecule has 0 saturated heterocycles. The van der Waals surface area contributed by atoms with E-state index in [-0.39, 0.29) is 10.8 Å². The Morgan fingerprint density at radius 3 is 2.05 bits per heavy atom. The van der Waals surface area contributed by atoms with Crippen molar-refractivity contribution >= 4 is 60.9 Å². The zero-order chi connectivity index (χ0) is 25.2. The largest absolute Gasteiger partial charge is 0.450 e. The van der Waals surface area contributed by atoms with Crippen molar-refractivity contribution in [2.45, 2.75) is 4.90 Å². The van der Waals surface area contributed by atoms with Crippen LogP contribution in [-0.4, -0.2) is 28.4 Å². The second-order valence-corrected chi connectivity index (χ2v) is 9.71. The zero-order valence-corrected chi connectivity index (χ0v) is 20.0. The lowest BCUT2D eigenvalue weighted by Gasteiger charge is -2.10. The maximum Gasteiger partial charge on any atom is 0.264 e. The Labute approximate surface area is 211 Å². The molecule has 0 saturated carbocycles. The lowest BCUT2D eigenvalue weighted by molar-refractivity contribution is 0.601. The molecule has 3 aromatic carbocycles. The summed E-state index contributed by atoms with van der Waals surface area (Å²) >= 11 is 0. The number of sulfonamides is 1. The van der Waals surface area contributed by atoms with E-state index < -0.39 is 10.0 Å². The van der Waals surface area contributed by atoms with E-state index in [0.717, 1.165) is 33.5 Å². The number of nitrogens with zero attached hydrogens (tertiary/aromatic N) is 4. The minimum absolute atomic E-state index is 0.0152. The Hall–Kier alpha value is -5.03. The predicted octanol–water partition coefficient (Wildman–Crippen LogP) is 5.45. The van der Waals surface area contributed by atoms with Crippen LogP contribution in [0.4, 0.5) is 28.8 Å². The smallest absolute Gasteiger partial charge is 0.264 e. The van der Waals surface area contributed by atoms with E-state index in [1.807, 2.05) is 48.5 Å². The van der Waals surface area contributed by atoms with Gasteiger partial charge in [-0.15, -0.1) is 0 Å². The van der Waals surface area contributed by atoms with Crippen LogP contribution in [0.1, 0.15) is 0 Å². The van der Waals surface area contributed by atoms with Gasteiger partial charge in [-0.05, 0) is 66.7 Å². The molecule has 3 aromatic heterocycles. The third kappa shape index (κ3) is 4.62. The van der Waals surface area contributed by atoms with Gasteiger partial charge in [0, 0.05) is 34.8 Å². The van der Waals surface area contributed by atoms with Crippen molar-refractivity contribution < 1.29 is 12.8 Å². The first kappa shape index (κ1) is 22.4. The highest BCUT2D eigenvalue weighted by atomic mass is 32.2. The van der Waals surface area contributed by atoms with E-state index >= 15 is 0 Å². The first-order chi connectivity index (χ1) is 18.0. The molecular weight excluding hydrogens is 490 g/mol. The standard InChI is InChI=1S/C26H19N7O3S/c34-37(35,33-26-27-14-3-15-28-26)20-12-10-18(11-13-20)31-17-6-8-19(9-7-17)32-25-24-23(29-16-30-25)21-4-1-2-5-22(21)36-24/h1-16,31H,(H,27,28,33)(H,29,30,32). The van der Waals surface area contributed by atoms with Crippen LogP contribution in [0.3, 0.4) is 0 Å². The molecule has 0 aliphatic heterocycles. The van der Waals surface area contributed by atoms with Gasteiger partial charge in [0.1, 0.15) is 17.4 Å². The highest BCUT2D eigenvalue weighted by Gasteiger charge is 2.16. The number of nitrogens with one attached hydrogen (secondary N) is 3. The fraction of sp³-hybridized carbons (Fsp3) is 0. The molecule has 0 bridgehead atoms. The molecule has 0 aliphatic carbocycles. The third-order valence-electron chi connectivity index (χ3n) is 5.55. The summed E-state index contributed by atoms with van der Waals surface area (Å²) in [5, 5.41) is 7.48. The molecular formula is C26H19N7O3S. The van der Waals surface area contributed by atoms with Crippen LogP contribution in [0.15, 0.2) is 107 Å². The van der Waals surface area contributed by atoms with Gasteiger partial charge >= 0.3 is 0 Å². The average Bonchev–Trinajstić information content (AvgIpc) is 3.30. The summed E-state index contributed by atoms with van der Waals surface area (Å²) in [5.41, 5.74) is 4.48. The van der Waals surface area contributed by atoms with Crippen molar-refractivity contribution in [3.8, 4) is 0 Å². The first-order valence-corrected chi connectivity index (χ1v) is 12.7. The molecule has 3 heterocycles. The van der Waals surface area contributed by atoms with Crippen molar-refractivity contribution in [3.63, 3.8) is 0 Å². The molecule has 11 heteroatoms. The number of benzene rings is 3. The summed E-state index contributed by atoms with van der Waals surface area (Å²) in [7, 11) is -3.79. The maximum atomic E-state index is 12.6. The monoisotopic (exact) mass is 509 g/mol. The molecule has 182 valence electrons. The number of rotatable bonds is 7. The van der Waals surface area contributed by atoms with Gasteiger partial charge < -0.3 is 15.1 Å². The minimum atomic E-state index is -3.79. The second kappa shape index (κ2) is 9.21. The number of hydrogen-bond donors (Lipinski definition) is 3. The van der Waals surface area contributed by atoms with E-state index in [4.69, 9.17) is 4.42 Å². The lowest BCUT2D eigenvalue weighted by atomic mass is 10.2. The molecule has 0 aliphatic rings. The van der Waals surface area contributed by atoms with Crippen LogP contribution in [-0.2, 0) is 10.0 Å². The van der Waals surface area contributed by atoms with Gasteiger partial charge in [-0.25, -0.2) is 33.1 Å². The van der Waals surface area contributed by atoms with Gasteiger partial charge in [-0.3, -0.25) is 0 Å². The number of hydrogen-bond acceptors (Lipinski definition) is 9. The fourth-order valence-electron chi connectivity index (χ4n) is 3.80. The molecule has 37 heavy (non-hydrogen) atoms. The Balaban J connectivity index is 1.15. The number of furan rings is 1. The van der Waals surface area contributed by atoms with Crippen LogP contribution in [0.25, 0.3) is 22.1 Å². The Kier molecular flexibility index (Phi) is 5.58. The van der Waals surface area contributed by atoms with Crippen LogP contribution >= 0.6 is 0 Å². The molecule has 3 N–H and O–H groups in total. The van der Waals surface area contributed by atoms with Gasteiger partial charge in [-0.1, -0.05) is 12.1 Å². The minimum Gasteiger partial charge on any atom is -0.450 e. The van der Waals surface area contributed by atoms with E-state index in [1.54, 1.807) is 18.2 Å². The number of para-hydroxylation sites is 1. The summed E-state index contributed by atoms with van der Waals surface area (Å²) in [6.07, 6.45) is 4.44. The highest BCUT2D eigenvalue weighted by molar-refractivity contribution is 7.92. The molecule has 6 aromatic rings. The van der Waals surface area contributed by atoms with Gasteiger partial charge in [0.05, 0.1) is 4.90 Å². The fourth-order valence-corrected chi connectivity index (χ4v) is 4.76. The SMILES string of the molecule is O=S(=O)(Nc1ncccn1)c1ccc(Nc2ccc(Nc3ncnc4c3oc3ccccc34)cc2)cc1. The van der Waals surface area contributed by atoms with Crippen LogP contribution in [0.2, 0.25) is 0 Å². The number of fused-ring (bicyclic) bond motifs is 3. The van der Waals surface area contributed by atoms with Gasteiger partial charge in [-0.2, -0.15) is 0 Å². The average molecular weight is 510 g/mol. The summed E-state index contributed by atoms with van der Waals surface area (Å²) in [6.45, 7) is 0. The first-order valence-electron chi connectivity index (χ1n) is 11.2. The Morgan fingerprint density at radius 1 is 0.676 bits per heavy atom. The molecule has 6 rings (SSSR count). The van der Waals surface area contributed by atoms with E-state index in [2.05, 4.69) is 35.3 Å². The molecule has 0 fully saturated rings. The van der Waals surface area contributed by atoms with Gasteiger partial charge in [0.15, 0.2) is 11.4 Å². The summed E-state index contributed by atoms with van der Waals surface area (Å²) in [5.74, 6) is 0.592. The third-order valence-corrected chi connectivity index (χ3v) is 6.89. The lowest BCUT2D eigenvalue weighted by Crippen LogP contribution is -2.14. The van der Waals surface area contributed by atoms with E-state index in [1.165, 1.54) is 30.9 Å². The van der Waals surface area contributed by atoms with E-state index in [9.17, 15) is 8.42 Å². The molecule has 10 nitrogen and oxygen atoms in total. The van der Waals surface area contributed by atoms with Crippen LogP contribution in [0.5, 0.6) is 0 Å². The Morgan fingerprint density at radius 2 is 1.32 bits per heavy atom. The zero-order valence-electron chi connectivity index (χ0n) is 19.2.